The van der Waals surface area contributed by atoms with Crippen LogP contribution in [0.2, 0.25) is 0 Å². The van der Waals surface area contributed by atoms with Crippen molar-refractivity contribution in [3.05, 3.63) is 70.7 Å². The van der Waals surface area contributed by atoms with Gasteiger partial charge in [-0.1, -0.05) is 42.5 Å². The third-order valence-corrected chi connectivity index (χ3v) is 5.94. The molecule has 0 radical (unpaired) electrons. The van der Waals surface area contributed by atoms with Gasteiger partial charge in [-0.25, -0.2) is 4.98 Å². The second-order valence-electron chi connectivity index (χ2n) is 7.60. The maximum Gasteiger partial charge on any atom is 0.325 e. The van der Waals surface area contributed by atoms with E-state index < -0.39 is 5.54 Å². The summed E-state index contributed by atoms with van der Waals surface area (Å²) in [7, 11) is 1.40. The summed E-state index contributed by atoms with van der Waals surface area (Å²) >= 11 is 1.72. The van der Waals surface area contributed by atoms with Crippen LogP contribution in [0.25, 0.3) is 10.6 Å². The van der Waals surface area contributed by atoms with Crippen molar-refractivity contribution >= 4 is 17.3 Å². The molecule has 0 saturated carbocycles. The quantitative estimate of drug-likeness (QED) is 0.501. The SMILES string of the molecule is COC(=O)C(C)(C)NCc1ccc(OCCc2nc(-c3ccccc3)sc2C)cc1. The molecule has 158 valence electrons. The van der Waals surface area contributed by atoms with E-state index in [1.54, 1.807) is 25.2 Å². The second kappa shape index (κ2) is 9.87. The number of hydrogen-bond donors (Lipinski definition) is 1. The van der Waals surface area contributed by atoms with Gasteiger partial charge >= 0.3 is 5.97 Å². The maximum absolute atomic E-state index is 11.7. The summed E-state index contributed by atoms with van der Waals surface area (Å²) in [6.45, 7) is 6.87. The topological polar surface area (TPSA) is 60.5 Å². The number of esters is 1. The van der Waals surface area contributed by atoms with Crippen LogP contribution in [-0.4, -0.2) is 30.2 Å². The van der Waals surface area contributed by atoms with E-state index in [1.807, 2.05) is 42.5 Å². The van der Waals surface area contributed by atoms with Crippen molar-refractivity contribution in [2.45, 2.75) is 39.3 Å². The number of nitrogens with one attached hydrogen (secondary N) is 1. The van der Waals surface area contributed by atoms with Crippen LogP contribution in [0.1, 0.15) is 30.0 Å². The number of methoxy groups -OCH3 is 1. The Hall–Kier alpha value is -2.70. The molecule has 0 aliphatic carbocycles. The summed E-state index contributed by atoms with van der Waals surface area (Å²) in [6.07, 6.45) is 0.770. The van der Waals surface area contributed by atoms with Gasteiger partial charge in [-0.3, -0.25) is 10.1 Å². The highest BCUT2D eigenvalue weighted by Gasteiger charge is 2.27. The molecule has 0 spiro atoms. The van der Waals surface area contributed by atoms with Crippen molar-refractivity contribution in [3.63, 3.8) is 0 Å². The van der Waals surface area contributed by atoms with Gasteiger partial charge in [0.15, 0.2) is 0 Å². The van der Waals surface area contributed by atoms with Gasteiger partial charge in [-0.05, 0) is 38.5 Å². The third kappa shape index (κ3) is 5.68. The Morgan fingerprint density at radius 3 is 2.47 bits per heavy atom. The minimum Gasteiger partial charge on any atom is -0.493 e. The number of aromatic nitrogens is 1. The number of rotatable bonds is 9. The molecule has 0 fully saturated rings. The molecule has 3 aromatic rings. The lowest BCUT2D eigenvalue weighted by atomic mass is 10.1. The molecule has 5 nitrogen and oxygen atoms in total. The van der Waals surface area contributed by atoms with Crippen LogP contribution >= 0.6 is 11.3 Å². The van der Waals surface area contributed by atoms with E-state index in [4.69, 9.17) is 14.5 Å². The van der Waals surface area contributed by atoms with Gasteiger partial charge < -0.3 is 9.47 Å². The predicted octanol–water partition coefficient (Wildman–Crippen LogP) is 4.78. The number of benzene rings is 2. The Labute approximate surface area is 182 Å². The first-order chi connectivity index (χ1) is 14.4. The number of carbonyl (C=O) groups is 1. The molecule has 0 atom stereocenters. The van der Waals surface area contributed by atoms with Gasteiger partial charge in [0.05, 0.1) is 19.4 Å². The third-order valence-electron chi connectivity index (χ3n) is 4.87. The molecular formula is C24H28N2O3S. The molecule has 1 aromatic heterocycles. The summed E-state index contributed by atoms with van der Waals surface area (Å²) in [6, 6.07) is 18.1. The molecular weight excluding hydrogens is 396 g/mol. The first kappa shape index (κ1) is 22.0. The average molecular weight is 425 g/mol. The molecule has 30 heavy (non-hydrogen) atoms. The van der Waals surface area contributed by atoms with Gasteiger partial charge in [0.1, 0.15) is 16.3 Å². The molecule has 0 aliphatic heterocycles. The van der Waals surface area contributed by atoms with Crippen molar-refractivity contribution in [1.29, 1.82) is 0 Å². The highest BCUT2D eigenvalue weighted by molar-refractivity contribution is 7.15. The zero-order valence-corrected chi connectivity index (χ0v) is 18.7. The van der Waals surface area contributed by atoms with E-state index >= 15 is 0 Å². The highest BCUT2D eigenvalue weighted by Crippen LogP contribution is 2.27. The summed E-state index contributed by atoms with van der Waals surface area (Å²) in [5.74, 6) is 0.539. The van der Waals surface area contributed by atoms with E-state index in [9.17, 15) is 4.79 Å². The van der Waals surface area contributed by atoms with Crippen LogP contribution in [0.3, 0.4) is 0 Å². The second-order valence-corrected chi connectivity index (χ2v) is 8.80. The van der Waals surface area contributed by atoms with Crippen LogP contribution in [0.4, 0.5) is 0 Å². The zero-order chi connectivity index (χ0) is 21.6. The summed E-state index contributed by atoms with van der Waals surface area (Å²) in [5.41, 5.74) is 2.58. The van der Waals surface area contributed by atoms with Crippen molar-refractivity contribution in [3.8, 4) is 16.3 Å². The van der Waals surface area contributed by atoms with Gasteiger partial charge in [-0.2, -0.15) is 0 Å². The smallest absolute Gasteiger partial charge is 0.325 e. The van der Waals surface area contributed by atoms with Crippen LogP contribution in [-0.2, 0) is 22.5 Å². The fraction of sp³-hybridized carbons (Fsp3) is 0.333. The van der Waals surface area contributed by atoms with E-state index in [0.29, 0.717) is 13.2 Å². The maximum atomic E-state index is 11.7. The Morgan fingerprint density at radius 2 is 1.80 bits per heavy atom. The number of ether oxygens (including phenoxy) is 2. The molecule has 0 bridgehead atoms. The highest BCUT2D eigenvalue weighted by atomic mass is 32.1. The Balaban J connectivity index is 1.50. The molecule has 0 aliphatic rings. The van der Waals surface area contributed by atoms with E-state index in [2.05, 4.69) is 24.4 Å². The van der Waals surface area contributed by atoms with Crippen molar-refractivity contribution in [1.82, 2.24) is 10.3 Å². The number of carbonyl (C=O) groups excluding carboxylic acids is 1. The van der Waals surface area contributed by atoms with Gasteiger partial charge in [-0.15, -0.1) is 11.3 Å². The summed E-state index contributed by atoms with van der Waals surface area (Å²) in [5, 5.41) is 4.26. The van der Waals surface area contributed by atoms with Gasteiger partial charge in [0.2, 0.25) is 0 Å². The van der Waals surface area contributed by atoms with Crippen LogP contribution in [0.15, 0.2) is 54.6 Å². The van der Waals surface area contributed by atoms with Crippen molar-refractivity contribution in [2.24, 2.45) is 0 Å². The van der Waals surface area contributed by atoms with Gasteiger partial charge in [0.25, 0.3) is 0 Å². The Morgan fingerprint density at radius 1 is 1.10 bits per heavy atom. The van der Waals surface area contributed by atoms with Crippen LogP contribution in [0, 0.1) is 6.92 Å². The summed E-state index contributed by atoms with van der Waals surface area (Å²) < 4.78 is 10.7. The minimum absolute atomic E-state index is 0.282. The standard InChI is InChI=1S/C24H28N2O3S/c1-17-21(26-22(30-17)19-8-6-5-7-9-19)14-15-29-20-12-10-18(11-13-20)16-25-24(2,3)23(27)28-4/h5-13,25H,14-16H2,1-4H3. The first-order valence-electron chi connectivity index (χ1n) is 9.96. The van der Waals surface area contributed by atoms with Gasteiger partial charge in [0, 0.05) is 23.4 Å². The average Bonchev–Trinajstić information content (AvgIpc) is 3.13. The normalized spacial score (nSPS) is 11.3. The lowest BCUT2D eigenvalue weighted by Crippen LogP contribution is -2.46. The summed E-state index contributed by atoms with van der Waals surface area (Å²) in [4.78, 5) is 17.8. The molecule has 2 aromatic carbocycles. The lowest BCUT2D eigenvalue weighted by molar-refractivity contribution is -0.147. The van der Waals surface area contributed by atoms with Crippen LogP contribution in [0.5, 0.6) is 5.75 Å². The molecule has 0 amide bonds. The monoisotopic (exact) mass is 424 g/mol. The molecule has 0 unspecified atom stereocenters. The number of nitrogens with zero attached hydrogens (tertiary/aromatic N) is 1. The number of thiazole rings is 1. The Kier molecular flexibility index (Phi) is 7.24. The molecule has 3 rings (SSSR count). The van der Waals surface area contributed by atoms with E-state index in [1.165, 1.54) is 12.0 Å². The molecule has 1 heterocycles. The van der Waals surface area contributed by atoms with E-state index in [0.717, 1.165) is 34.0 Å². The minimum atomic E-state index is -0.728. The fourth-order valence-electron chi connectivity index (χ4n) is 2.98. The largest absolute Gasteiger partial charge is 0.493 e. The zero-order valence-electron chi connectivity index (χ0n) is 17.9. The van der Waals surface area contributed by atoms with E-state index in [-0.39, 0.29) is 5.97 Å². The molecule has 0 saturated heterocycles. The Bertz CT molecular complexity index is 966. The fourth-order valence-corrected chi connectivity index (χ4v) is 3.95. The molecule has 1 N–H and O–H groups in total. The number of aryl methyl sites for hydroxylation is 1. The van der Waals surface area contributed by atoms with Crippen molar-refractivity contribution < 1.29 is 14.3 Å². The van der Waals surface area contributed by atoms with Crippen LogP contribution < -0.4 is 10.1 Å². The lowest BCUT2D eigenvalue weighted by Gasteiger charge is -2.23. The first-order valence-corrected chi connectivity index (χ1v) is 10.8. The molecule has 6 heteroatoms. The predicted molar refractivity (Wildman–Crippen MR) is 121 cm³/mol. The van der Waals surface area contributed by atoms with Crippen molar-refractivity contribution in [2.75, 3.05) is 13.7 Å². The number of hydrogen-bond acceptors (Lipinski definition) is 6.